The van der Waals surface area contributed by atoms with E-state index in [1.54, 1.807) is 18.4 Å². The van der Waals surface area contributed by atoms with E-state index in [0.717, 1.165) is 0 Å². The van der Waals surface area contributed by atoms with Gasteiger partial charge in [0.15, 0.2) is 6.26 Å². The predicted molar refractivity (Wildman–Crippen MR) is 52.8 cm³/mol. The van der Waals surface area contributed by atoms with Crippen molar-refractivity contribution in [3.05, 3.63) is 73.2 Å². The van der Waals surface area contributed by atoms with Crippen LogP contribution in [0.1, 0.15) is 0 Å². The van der Waals surface area contributed by atoms with Gasteiger partial charge in [0.25, 0.3) is 0 Å². The molecule has 0 amide bonds. The summed E-state index contributed by atoms with van der Waals surface area (Å²) >= 11 is 0. The minimum atomic E-state index is 1.57. The zero-order valence-electron chi connectivity index (χ0n) is 7.26. The summed E-state index contributed by atoms with van der Waals surface area (Å²) in [6, 6.07) is 18.9. The highest BCUT2D eigenvalue weighted by molar-refractivity contribution is 4.95. The Bertz CT molecular complexity index is 199. The first-order chi connectivity index (χ1) is 6.50. The Morgan fingerprint density at radius 3 is 1.85 bits per heavy atom. The maximum atomic E-state index is 4.91. The predicted octanol–water partition coefficient (Wildman–Crippen LogP) is 3.33. The molecule has 0 aliphatic heterocycles. The Kier molecular flexibility index (Phi) is 4.97. The standard InChI is InChI=1S/C12H11O/c1-2-4-6-8-10-12-13-11-9-7-5-3-1/h1-11H. The molecule has 13 heavy (non-hydrogen) atoms. The first-order valence-electron chi connectivity index (χ1n) is 4.06. The molecule has 0 N–H and O–H groups in total. The van der Waals surface area contributed by atoms with Crippen molar-refractivity contribution in [1.82, 2.24) is 0 Å². The monoisotopic (exact) mass is 171 g/mol. The maximum Gasteiger partial charge on any atom is 0.168 e. The Hall–Kier alpha value is -1.76. The van der Waals surface area contributed by atoms with Gasteiger partial charge >= 0.3 is 0 Å². The van der Waals surface area contributed by atoms with E-state index in [1.165, 1.54) is 0 Å². The average molecular weight is 171 g/mol. The SMILES string of the molecule is [c]1ccccccccccco1. The minimum absolute atomic E-state index is 1.57. The molecule has 1 radical (unpaired) electrons. The molecule has 0 fully saturated rings. The van der Waals surface area contributed by atoms with Crippen molar-refractivity contribution in [2.75, 3.05) is 0 Å². The molecule has 0 unspecified atom stereocenters. The van der Waals surface area contributed by atoms with Gasteiger partial charge in [-0.25, -0.2) is 0 Å². The number of hydrogen-bond donors (Lipinski definition) is 0. The second kappa shape index (κ2) is 6.92. The van der Waals surface area contributed by atoms with Gasteiger partial charge in [0.1, 0.15) is 0 Å². The van der Waals surface area contributed by atoms with Gasteiger partial charge in [0.05, 0.1) is 6.26 Å². The highest BCUT2D eigenvalue weighted by Crippen LogP contribution is 1.80. The fourth-order valence-corrected chi connectivity index (χ4v) is 0.707. The van der Waals surface area contributed by atoms with Crippen LogP contribution in [0.25, 0.3) is 0 Å². The lowest BCUT2D eigenvalue weighted by Gasteiger charge is -1.66. The molecule has 0 saturated heterocycles. The summed E-state index contributed by atoms with van der Waals surface area (Å²) in [5.41, 5.74) is 0. The topological polar surface area (TPSA) is 13.1 Å². The second-order valence-corrected chi connectivity index (χ2v) is 2.27. The van der Waals surface area contributed by atoms with E-state index < -0.39 is 0 Å². The summed E-state index contributed by atoms with van der Waals surface area (Å²) < 4.78 is 4.91. The van der Waals surface area contributed by atoms with Crippen molar-refractivity contribution in [2.45, 2.75) is 0 Å². The third-order valence-electron chi connectivity index (χ3n) is 1.27. The lowest BCUT2D eigenvalue weighted by molar-refractivity contribution is 0.545. The van der Waals surface area contributed by atoms with Gasteiger partial charge in [-0.15, -0.1) is 0 Å². The highest BCUT2D eigenvalue weighted by Gasteiger charge is 1.59. The van der Waals surface area contributed by atoms with Gasteiger partial charge in [0, 0.05) is 0 Å². The maximum absolute atomic E-state index is 4.91. The van der Waals surface area contributed by atoms with Gasteiger partial charge in [-0.2, -0.15) is 0 Å². The number of rotatable bonds is 0. The van der Waals surface area contributed by atoms with Gasteiger partial charge < -0.3 is 4.42 Å². The van der Waals surface area contributed by atoms with E-state index in [9.17, 15) is 0 Å². The molecule has 0 aliphatic carbocycles. The quantitative estimate of drug-likeness (QED) is 0.583. The van der Waals surface area contributed by atoms with E-state index in [1.807, 2.05) is 48.5 Å². The van der Waals surface area contributed by atoms with Crippen LogP contribution in [0.5, 0.6) is 0 Å². The Labute approximate surface area is 78.3 Å². The Balaban J connectivity index is 3.02. The van der Waals surface area contributed by atoms with Crippen molar-refractivity contribution < 1.29 is 4.42 Å². The van der Waals surface area contributed by atoms with E-state index in [2.05, 4.69) is 6.26 Å². The summed E-state index contributed by atoms with van der Waals surface area (Å²) in [5, 5.41) is 0. The van der Waals surface area contributed by atoms with Crippen molar-refractivity contribution >= 4 is 0 Å². The third-order valence-corrected chi connectivity index (χ3v) is 1.27. The van der Waals surface area contributed by atoms with E-state index in [-0.39, 0.29) is 0 Å². The van der Waals surface area contributed by atoms with E-state index in [4.69, 9.17) is 4.42 Å². The van der Waals surface area contributed by atoms with Gasteiger partial charge in [-0.05, 0) is 12.1 Å². The molecule has 65 valence electrons. The first-order valence-corrected chi connectivity index (χ1v) is 4.06. The molecule has 0 saturated carbocycles. The zero-order valence-corrected chi connectivity index (χ0v) is 7.26. The van der Waals surface area contributed by atoms with E-state index in [0.29, 0.717) is 0 Å². The van der Waals surface area contributed by atoms with Crippen molar-refractivity contribution in [1.29, 1.82) is 0 Å². The van der Waals surface area contributed by atoms with Crippen LogP contribution in [-0.2, 0) is 0 Å². The highest BCUT2D eigenvalue weighted by atomic mass is 16.3. The van der Waals surface area contributed by atoms with Crippen LogP contribution in [0.2, 0.25) is 0 Å². The fourth-order valence-electron chi connectivity index (χ4n) is 0.707. The summed E-state index contributed by atoms with van der Waals surface area (Å²) in [7, 11) is 0. The lowest BCUT2D eigenvalue weighted by atomic mass is 10.4. The van der Waals surface area contributed by atoms with Crippen LogP contribution in [0.3, 0.4) is 0 Å². The first kappa shape index (κ1) is 9.33. The van der Waals surface area contributed by atoms with Crippen molar-refractivity contribution in [3.63, 3.8) is 0 Å². The molecule has 1 heteroatoms. The Morgan fingerprint density at radius 2 is 1.15 bits per heavy atom. The van der Waals surface area contributed by atoms with Crippen molar-refractivity contribution in [2.24, 2.45) is 0 Å². The second-order valence-electron chi connectivity index (χ2n) is 2.27. The van der Waals surface area contributed by atoms with Crippen LogP contribution in [-0.4, -0.2) is 0 Å². The molecule has 1 rings (SSSR count). The van der Waals surface area contributed by atoms with Gasteiger partial charge in [-0.1, -0.05) is 48.5 Å². The smallest absolute Gasteiger partial charge is 0.168 e. The molecule has 0 spiro atoms. The number of hydrogen-bond acceptors (Lipinski definition) is 1. The zero-order chi connectivity index (χ0) is 9.19. The molecular weight excluding hydrogens is 160 g/mol. The molecule has 1 aromatic heterocycles. The summed E-state index contributed by atoms with van der Waals surface area (Å²) in [6.45, 7) is 0. The molecule has 1 aromatic rings. The van der Waals surface area contributed by atoms with Gasteiger partial charge in [-0.3, -0.25) is 0 Å². The van der Waals surface area contributed by atoms with Crippen LogP contribution in [0.4, 0.5) is 0 Å². The molecule has 0 aliphatic rings. The van der Waals surface area contributed by atoms with Crippen LogP contribution >= 0.6 is 0 Å². The van der Waals surface area contributed by atoms with Crippen LogP contribution in [0, 0.1) is 6.26 Å². The molecule has 1 heterocycles. The van der Waals surface area contributed by atoms with Crippen molar-refractivity contribution in [3.8, 4) is 0 Å². The third kappa shape index (κ3) is 5.50. The normalized spacial score (nSPS) is 8.00. The summed E-state index contributed by atoms with van der Waals surface area (Å²) in [6.07, 6.45) is 4.21. The fraction of sp³-hybridized carbons (Fsp3) is 0. The molecule has 0 atom stereocenters. The molecule has 0 bridgehead atoms. The van der Waals surface area contributed by atoms with Gasteiger partial charge in [0.2, 0.25) is 0 Å². The van der Waals surface area contributed by atoms with Crippen LogP contribution in [0.15, 0.2) is 71.3 Å². The van der Waals surface area contributed by atoms with Crippen LogP contribution < -0.4 is 0 Å². The lowest BCUT2D eigenvalue weighted by Crippen LogP contribution is -1.44. The van der Waals surface area contributed by atoms with E-state index >= 15 is 0 Å². The molecular formula is C12H11O. The molecule has 1 nitrogen and oxygen atoms in total. The summed E-state index contributed by atoms with van der Waals surface area (Å²) in [5.74, 6) is 0. The average Bonchev–Trinajstić information content (AvgIpc) is 2.18. The minimum Gasteiger partial charge on any atom is -0.461 e. The summed E-state index contributed by atoms with van der Waals surface area (Å²) in [4.78, 5) is 0. The Morgan fingerprint density at radius 1 is 0.615 bits per heavy atom. The largest absolute Gasteiger partial charge is 0.461 e. The molecule has 0 aromatic carbocycles.